The fourth-order valence-corrected chi connectivity index (χ4v) is 3.71. The predicted octanol–water partition coefficient (Wildman–Crippen LogP) is 3.91. The highest BCUT2D eigenvalue weighted by Gasteiger charge is 2.28. The Kier molecular flexibility index (Phi) is 5.73. The predicted molar refractivity (Wildman–Crippen MR) is 94.5 cm³/mol. The summed E-state index contributed by atoms with van der Waals surface area (Å²) in [6, 6.07) is 6.08. The molecule has 2 aromatic rings. The number of carbonyl (C=O) groups is 1. The third-order valence-electron chi connectivity index (χ3n) is 4.88. The molecule has 134 valence electrons. The quantitative estimate of drug-likeness (QED) is 0.816. The Morgan fingerprint density at radius 3 is 2.80 bits per heavy atom. The molecule has 1 aromatic heterocycles. The summed E-state index contributed by atoms with van der Waals surface area (Å²) in [5.74, 6) is 1.36. The topological polar surface area (TPSA) is 68.0 Å². The van der Waals surface area contributed by atoms with Crippen molar-refractivity contribution in [3.63, 3.8) is 0 Å². The first-order chi connectivity index (χ1) is 12.0. The molecule has 0 saturated heterocycles. The standard InChI is InChI=1S/C18H22FN3O2S/c1-11-4-3-5-15(12(11)2)20-16(23)10-25-18-22-21-17(24-18)13-6-8-14(19)9-7-13/h6-9,11-12,15H,3-5,10H2,1-2H3,(H,20,23)/t11-,12+,15-/m0/s1. The SMILES string of the molecule is C[C@H]1[C@@H](NC(=O)CSc2nnc(-c3ccc(F)cc3)o2)CCC[C@@H]1C. The van der Waals surface area contributed by atoms with Crippen LogP contribution in [0.1, 0.15) is 33.1 Å². The van der Waals surface area contributed by atoms with E-state index >= 15 is 0 Å². The van der Waals surface area contributed by atoms with Gasteiger partial charge in [0.2, 0.25) is 11.8 Å². The van der Waals surface area contributed by atoms with Crippen molar-refractivity contribution in [2.75, 3.05) is 5.75 Å². The normalized spacial score (nSPS) is 23.4. The number of carbonyl (C=O) groups excluding carboxylic acids is 1. The van der Waals surface area contributed by atoms with Gasteiger partial charge in [-0.25, -0.2) is 4.39 Å². The summed E-state index contributed by atoms with van der Waals surface area (Å²) in [4.78, 5) is 12.2. The van der Waals surface area contributed by atoms with Crippen molar-refractivity contribution in [1.82, 2.24) is 15.5 Å². The van der Waals surface area contributed by atoms with Crippen molar-refractivity contribution in [3.05, 3.63) is 30.1 Å². The molecule has 5 nitrogen and oxygen atoms in total. The summed E-state index contributed by atoms with van der Waals surface area (Å²) in [6.45, 7) is 4.45. The molecule has 1 fully saturated rings. The summed E-state index contributed by atoms with van der Waals surface area (Å²) in [6.07, 6.45) is 3.43. The van der Waals surface area contributed by atoms with Crippen LogP contribution in [0, 0.1) is 17.7 Å². The highest BCUT2D eigenvalue weighted by atomic mass is 32.2. The molecule has 0 unspecified atom stereocenters. The molecular weight excluding hydrogens is 341 g/mol. The molecule has 0 spiro atoms. The Morgan fingerprint density at radius 1 is 1.28 bits per heavy atom. The molecule has 3 atom stereocenters. The Labute approximate surface area is 150 Å². The Hall–Kier alpha value is -1.89. The van der Waals surface area contributed by atoms with Crippen molar-refractivity contribution in [2.45, 2.75) is 44.4 Å². The Morgan fingerprint density at radius 2 is 2.04 bits per heavy atom. The van der Waals surface area contributed by atoms with Crippen LogP contribution in [0.5, 0.6) is 0 Å². The van der Waals surface area contributed by atoms with Gasteiger partial charge in [-0.2, -0.15) is 0 Å². The zero-order valence-electron chi connectivity index (χ0n) is 14.4. The van der Waals surface area contributed by atoms with Crippen LogP contribution in [0.2, 0.25) is 0 Å². The molecule has 1 heterocycles. The van der Waals surface area contributed by atoms with E-state index in [1.54, 1.807) is 12.1 Å². The van der Waals surface area contributed by atoms with Gasteiger partial charge >= 0.3 is 0 Å². The minimum absolute atomic E-state index is 0.0162. The van der Waals surface area contributed by atoms with E-state index in [2.05, 4.69) is 29.4 Å². The minimum Gasteiger partial charge on any atom is -0.411 e. The van der Waals surface area contributed by atoms with Gasteiger partial charge in [-0.05, 0) is 42.5 Å². The van der Waals surface area contributed by atoms with Gasteiger partial charge in [-0.1, -0.05) is 38.5 Å². The molecule has 7 heteroatoms. The minimum atomic E-state index is -0.319. The molecule has 25 heavy (non-hydrogen) atoms. The van der Waals surface area contributed by atoms with Crippen LogP contribution in [-0.4, -0.2) is 27.9 Å². The lowest BCUT2D eigenvalue weighted by atomic mass is 9.78. The molecule has 0 aliphatic heterocycles. The number of hydrogen-bond acceptors (Lipinski definition) is 5. The molecule has 3 rings (SSSR count). The first kappa shape index (κ1) is 17.9. The Bertz CT molecular complexity index is 719. The van der Waals surface area contributed by atoms with Crippen LogP contribution in [0.25, 0.3) is 11.5 Å². The maximum absolute atomic E-state index is 12.9. The second-order valence-electron chi connectivity index (χ2n) is 6.61. The monoisotopic (exact) mass is 363 g/mol. The van der Waals surface area contributed by atoms with E-state index in [1.165, 1.54) is 30.3 Å². The van der Waals surface area contributed by atoms with Gasteiger partial charge in [0.25, 0.3) is 5.22 Å². The van der Waals surface area contributed by atoms with Crippen LogP contribution in [0.15, 0.2) is 33.9 Å². The summed E-state index contributed by atoms with van der Waals surface area (Å²) in [5, 5.41) is 11.3. The van der Waals surface area contributed by atoms with E-state index in [0.29, 0.717) is 28.5 Å². The number of benzene rings is 1. The molecule has 1 aromatic carbocycles. The highest BCUT2D eigenvalue weighted by Crippen LogP contribution is 2.29. The number of hydrogen-bond donors (Lipinski definition) is 1. The lowest BCUT2D eigenvalue weighted by Gasteiger charge is -2.34. The van der Waals surface area contributed by atoms with Crippen molar-refractivity contribution in [2.24, 2.45) is 11.8 Å². The zero-order valence-corrected chi connectivity index (χ0v) is 15.2. The van der Waals surface area contributed by atoms with Crippen molar-refractivity contribution in [3.8, 4) is 11.5 Å². The Balaban J connectivity index is 1.52. The van der Waals surface area contributed by atoms with Crippen LogP contribution in [0.4, 0.5) is 4.39 Å². The summed E-state index contributed by atoms with van der Waals surface area (Å²) < 4.78 is 18.5. The fraction of sp³-hybridized carbons (Fsp3) is 0.500. The average molecular weight is 363 g/mol. The maximum atomic E-state index is 12.9. The molecule has 1 aliphatic carbocycles. The van der Waals surface area contributed by atoms with Crippen molar-refractivity contribution in [1.29, 1.82) is 0 Å². The van der Waals surface area contributed by atoms with E-state index in [4.69, 9.17) is 4.42 Å². The van der Waals surface area contributed by atoms with Crippen LogP contribution in [0.3, 0.4) is 0 Å². The highest BCUT2D eigenvalue weighted by molar-refractivity contribution is 7.99. The first-order valence-electron chi connectivity index (χ1n) is 8.54. The van der Waals surface area contributed by atoms with Crippen molar-refractivity contribution >= 4 is 17.7 Å². The lowest BCUT2D eigenvalue weighted by molar-refractivity contribution is -0.120. The number of rotatable bonds is 5. The number of nitrogens with one attached hydrogen (secondary N) is 1. The number of amides is 1. The van der Waals surface area contributed by atoms with Gasteiger partial charge in [0.05, 0.1) is 5.75 Å². The van der Waals surface area contributed by atoms with Gasteiger partial charge in [0.15, 0.2) is 0 Å². The largest absolute Gasteiger partial charge is 0.411 e. The molecule has 1 amide bonds. The summed E-state index contributed by atoms with van der Waals surface area (Å²) >= 11 is 1.21. The first-order valence-corrected chi connectivity index (χ1v) is 9.53. The number of halogens is 1. The summed E-state index contributed by atoms with van der Waals surface area (Å²) in [7, 11) is 0. The smallest absolute Gasteiger partial charge is 0.277 e. The lowest BCUT2D eigenvalue weighted by Crippen LogP contribution is -2.44. The van der Waals surface area contributed by atoms with E-state index in [9.17, 15) is 9.18 Å². The molecular formula is C18H22FN3O2S. The molecule has 0 bridgehead atoms. The van der Waals surface area contributed by atoms with Gasteiger partial charge in [-0.15, -0.1) is 10.2 Å². The van der Waals surface area contributed by atoms with Gasteiger partial charge in [0, 0.05) is 11.6 Å². The van der Waals surface area contributed by atoms with Crippen LogP contribution in [-0.2, 0) is 4.79 Å². The van der Waals surface area contributed by atoms with E-state index in [0.717, 1.165) is 12.8 Å². The number of thioether (sulfide) groups is 1. The molecule has 0 radical (unpaired) electrons. The zero-order chi connectivity index (χ0) is 17.8. The van der Waals surface area contributed by atoms with Gasteiger partial charge in [0.1, 0.15) is 5.82 Å². The second-order valence-corrected chi connectivity index (χ2v) is 7.54. The molecule has 1 N–H and O–H groups in total. The second kappa shape index (κ2) is 7.99. The molecule has 1 saturated carbocycles. The summed E-state index contributed by atoms with van der Waals surface area (Å²) in [5.41, 5.74) is 0.648. The maximum Gasteiger partial charge on any atom is 0.277 e. The van der Waals surface area contributed by atoms with Gasteiger partial charge in [-0.3, -0.25) is 4.79 Å². The molecule has 1 aliphatic rings. The van der Waals surface area contributed by atoms with E-state index in [-0.39, 0.29) is 23.5 Å². The average Bonchev–Trinajstić information content (AvgIpc) is 3.07. The van der Waals surface area contributed by atoms with Gasteiger partial charge < -0.3 is 9.73 Å². The van der Waals surface area contributed by atoms with Crippen LogP contribution >= 0.6 is 11.8 Å². The number of aromatic nitrogens is 2. The van der Waals surface area contributed by atoms with E-state index in [1.807, 2.05) is 0 Å². The fourth-order valence-electron chi connectivity index (χ4n) is 3.14. The number of nitrogens with zero attached hydrogens (tertiary/aromatic N) is 2. The van der Waals surface area contributed by atoms with E-state index < -0.39 is 0 Å². The third kappa shape index (κ3) is 4.60. The third-order valence-corrected chi connectivity index (χ3v) is 5.70. The van der Waals surface area contributed by atoms with Crippen molar-refractivity contribution < 1.29 is 13.6 Å². The van der Waals surface area contributed by atoms with Crippen LogP contribution < -0.4 is 5.32 Å².